The summed E-state index contributed by atoms with van der Waals surface area (Å²) in [6, 6.07) is 7.26. The maximum absolute atomic E-state index is 11.9. The molecule has 0 saturated heterocycles. The third-order valence-electron chi connectivity index (χ3n) is 3.45. The minimum absolute atomic E-state index is 0.0158. The number of anilines is 1. The predicted molar refractivity (Wildman–Crippen MR) is 96.8 cm³/mol. The fourth-order valence-corrected chi connectivity index (χ4v) is 2.31. The van der Waals surface area contributed by atoms with Crippen molar-refractivity contribution in [1.82, 2.24) is 5.32 Å². The molecule has 5 heteroatoms. The van der Waals surface area contributed by atoms with Gasteiger partial charge in [0.05, 0.1) is 12.5 Å². The van der Waals surface area contributed by atoms with Crippen LogP contribution in [0.15, 0.2) is 24.3 Å². The Morgan fingerprint density at radius 1 is 1.12 bits per heavy atom. The average molecular weight is 334 g/mol. The number of amides is 2. The molecule has 0 spiro atoms. The van der Waals surface area contributed by atoms with Gasteiger partial charge in [0.25, 0.3) is 0 Å². The minimum atomic E-state index is -0.487. The normalized spacial score (nSPS) is 12.5. The molecule has 0 heterocycles. The van der Waals surface area contributed by atoms with Gasteiger partial charge < -0.3 is 15.7 Å². The molecule has 0 fully saturated rings. The summed E-state index contributed by atoms with van der Waals surface area (Å²) in [4.78, 5) is 23.7. The van der Waals surface area contributed by atoms with Crippen LogP contribution < -0.4 is 10.6 Å². The quantitative estimate of drug-likeness (QED) is 0.684. The van der Waals surface area contributed by atoms with Crippen LogP contribution in [-0.4, -0.2) is 29.6 Å². The summed E-state index contributed by atoms with van der Waals surface area (Å²) in [5, 5.41) is 15.2. The summed E-state index contributed by atoms with van der Waals surface area (Å²) in [5.74, 6) is -0.132. The van der Waals surface area contributed by atoms with Gasteiger partial charge in [0.1, 0.15) is 0 Å². The molecule has 0 aliphatic carbocycles. The first-order chi connectivity index (χ1) is 11.2. The number of hydrogen-bond donors (Lipinski definition) is 3. The predicted octanol–water partition coefficient (Wildman–Crippen LogP) is 2.88. The van der Waals surface area contributed by atoms with Crippen LogP contribution >= 0.6 is 0 Å². The average Bonchev–Trinajstić information content (AvgIpc) is 2.45. The minimum Gasteiger partial charge on any atom is -0.391 e. The van der Waals surface area contributed by atoms with Crippen LogP contribution in [0.5, 0.6) is 0 Å². The van der Waals surface area contributed by atoms with Crippen molar-refractivity contribution >= 4 is 17.5 Å². The van der Waals surface area contributed by atoms with E-state index in [9.17, 15) is 14.7 Å². The van der Waals surface area contributed by atoms with E-state index in [0.29, 0.717) is 12.8 Å². The Morgan fingerprint density at radius 3 is 2.29 bits per heavy atom. The van der Waals surface area contributed by atoms with Crippen molar-refractivity contribution in [3.8, 4) is 0 Å². The molecule has 134 valence electrons. The van der Waals surface area contributed by atoms with Gasteiger partial charge in [-0.2, -0.15) is 0 Å². The van der Waals surface area contributed by atoms with Gasteiger partial charge >= 0.3 is 0 Å². The molecule has 1 aromatic carbocycles. The zero-order chi connectivity index (χ0) is 18.2. The molecule has 0 bridgehead atoms. The van der Waals surface area contributed by atoms with Gasteiger partial charge in [0.2, 0.25) is 11.8 Å². The van der Waals surface area contributed by atoms with Crippen molar-refractivity contribution in [2.24, 2.45) is 5.41 Å². The van der Waals surface area contributed by atoms with E-state index in [1.807, 2.05) is 39.8 Å². The molecule has 1 aromatic rings. The maximum atomic E-state index is 11.9. The highest BCUT2D eigenvalue weighted by molar-refractivity contribution is 5.91. The van der Waals surface area contributed by atoms with Crippen molar-refractivity contribution in [2.45, 2.75) is 59.5 Å². The molecule has 1 atom stereocenters. The van der Waals surface area contributed by atoms with E-state index in [1.54, 1.807) is 12.1 Å². The Morgan fingerprint density at radius 2 is 1.75 bits per heavy atom. The Kier molecular flexibility index (Phi) is 7.92. The number of carbonyl (C=O) groups excluding carboxylic acids is 2. The maximum Gasteiger partial charge on any atom is 0.224 e. The molecule has 0 saturated carbocycles. The molecular weight excluding hydrogens is 304 g/mol. The summed E-state index contributed by atoms with van der Waals surface area (Å²) < 4.78 is 0. The molecule has 2 amide bonds. The molecule has 3 N–H and O–H groups in total. The van der Waals surface area contributed by atoms with Gasteiger partial charge in [-0.05, 0) is 29.5 Å². The van der Waals surface area contributed by atoms with E-state index in [-0.39, 0.29) is 30.2 Å². The van der Waals surface area contributed by atoms with Crippen molar-refractivity contribution in [3.05, 3.63) is 29.8 Å². The highest BCUT2D eigenvalue weighted by atomic mass is 16.3. The van der Waals surface area contributed by atoms with Crippen LogP contribution in [-0.2, 0) is 16.0 Å². The molecule has 24 heavy (non-hydrogen) atoms. The van der Waals surface area contributed by atoms with E-state index in [2.05, 4.69) is 10.6 Å². The number of aliphatic hydroxyl groups is 1. The monoisotopic (exact) mass is 334 g/mol. The molecule has 1 unspecified atom stereocenters. The summed E-state index contributed by atoms with van der Waals surface area (Å²) in [6.45, 7) is 8.34. The van der Waals surface area contributed by atoms with E-state index in [0.717, 1.165) is 17.7 Å². The summed E-state index contributed by atoms with van der Waals surface area (Å²) in [6.07, 6.45) is 1.80. The number of hydrogen-bond acceptors (Lipinski definition) is 3. The third kappa shape index (κ3) is 8.67. The fraction of sp³-hybridized carbons (Fsp3) is 0.579. The SMILES string of the molecule is CCCC(O)CNC(=O)Cc1ccc(NC(=O)CC(C)(C)C)cc1. The number of carbonyl (C=O) groups is 2. The number of nitrogens with one attached hydrogen (secondary N) is 2. The number of rotatable bonds is 8. The number of aliphatic hydroxyl groups excluding tert-OH is 1. The van der Waals surface area contributed by atoms with Crippen molar-refractivity contribution < 1.29 is 14.7 Å². The molecule has 0 radical (unpaired) electrons. The van der Waals surface area contributed by atoms with Crippen molar-refractivity contribution in [2.75, 3.05) is 11.9 Å². The lowest BCUT2D eigenvalue weighted by Crippen LogP contribution is -2.33. The van der Waals surface area contributed by atoms with Gasteiger partial charge in [-0.25, -0.2) is 0 Å². The fourth-order valence-electron chi connectivity index (χ4n) is 2.31. The van der Waals surface area contributed by atoms with Crippen molar-refractivity contribution in [3.63, 3.8) is 0 Å². The topological polar surface area (TPSA) is 78.4 Å². The second-order valence-electron chi connectivity index (χ2n) is 7.41. The summed E-state index contributed by atoms with van der Waals surface area (Å²) >= 11 is 0. The van der Waals surface area contributed by atoms with E-state index < -0.39 is 6.10 Å². The Hall–Kier alpha value is -1.88. The zero-order valence-electron chi connectivity index (χ0n) is 15.2. The summed E-state index contributed by atoms with van der Waals surface area (Å²) in [5.41, 5.74) is 1.54. The van der Waals surface area contributed by atoms with Gasteiger partial charge in [-0.1, -0.05) is 46.2 Å². The van der Waals surface area contributed by atoms with E-state index >= 15 is 0 Å². The van der Waals surface area contributed by atoms with Crippen LogP contribution in [0.1, 0.15) is 52.5 Å². The molecule has 0 aromatic heterocycles. The molecular formula is C19H30N2O3. The Bertz CT molecular complexity index is 533. The van der Waals surface area contributed by atoms with Crippen LogP contribution in [0.3, 0.4) is 0 Å². The van der Waals surface area contributed by atoms with E-state index in [4.69, 9.17) is 0 Å². The molecule has 1 rings (SSSR count). The van der Waals surface area contributed by atoms with E-state index in [1.165, 1.54) is 0 Å². The first kappa shape index (κ1) is 20.2. The Balaban J connectivity index is 2.44. The Labute approximate surface area is 144 Å². The van der Waals surface area contributed by atoms with Gasteiger partial charge in [0, 0.05) is 18.7 Å². The lowest BCUT2D eigenvalue weighted by atomic mass is 9.92. The van der Waals surface area contributed by atoms with Crippen molar-refractivity contribution in [1.29, 1.82) is 0 Å². The largest absolute Gasteiger partial charge is 0.391 e. The number of benzene rings is 1. The highest BCUT2D eigenvalue weighted by Gasteiger charge is 2.16. The van der Waals surface area contributed by atoms with Crippen LogP contribution in [0, 0.1) is 5.41 Å². The third-order valence-corrected chi connectivity index (χ3v) is 3.45. The lowest BCUT2D eigenvalue weighted by molar-refractivity contribution is -0.121. The molecule has 0 aliphatic rings. The summed E-state index contributed by atoms with van der Waals surface area (Å²) in [7, 11) is 0. The standard InChI is InChI=1S/C19H30N2O3/c1-5-6-16(22)13-20-17(23)11-14-7-9-15(10-8-14)21-18(24)12-19(2,3)4/h7-10,16,22H,5-6,11-13H2,1-4H3,(H,20,23)(H,21,24). The second kappa shape index (κ2) is 9.42. The molecule has 5 nitrogen and oxygen atoms in total. The molecule has 0 aliphatic heterocycles. The van der Waals surface area contributed by atoms with Gasteiger partial charge in [-0.3, -0.25) is 9.59 Å². The van der Waals surface area contributed by atoms with Crippen LogP contribution in [0.2, 0.25) is 0 Å². The second-order valence-corrected chi connectivity index (χ2v) is 7.41. The van der Waals surface area contributed by atoms with Gasteiger partial charge in [-0.15, -0.1) is 0 Å². The first-order valence-corrected chi connectivity index (χ1v) is 8.53. The zero-order valence-corrected chi connectivity index (χ0v) is 15.2. The van der Waals surface area contributed by atoms with Crippen LogP contribution in [0.4, 0.5) is 5.69 Å². The van der Waals surface area contributed by atoms with Crippen LogP contribution in [0.25, 0.3) is 0 Å². The lowest BCUT2D eigenvalue weighted by Gasteiger charge is -2.17. The van der Waals surface area contributed by atoms with Gasteiger partial charge in [0.15, 0.2) is 0 Å². The first-order valence-electron chi connectivity index (χ1n) is 8.53. The smallest absolute Gasteiger partial charge is 0.224 e. The highest BCUT2D eigenvalue weighted by Crippen LogP contribution is 2.19.